The highest BCUT2D eigenvalue weighted by Crippen LogP contribution is 2.20. The van der Waals surface area contributed by atoms with Crippen LogP contribution in [0.5, 0.6) is 0 Å². The van der Waals surface area contributed by atoms with Gasteiger partial charge in [0.2, 0.25) is 0 Å². The number of rotatable bonds is 0. The van der Waals surface area contributed by atoms with Gasteiger partial charge < -0.3 is 5.11 Å². The minimum atomic E-state index is -0.657. The summed E-state index contributed by atoms with van der Waals surface area (Å²) in [6, 6.07) is 0. The summed E-state index contributed by atoms with van der Waals surface area (Å²) in [4.78, 5) is 0. The number of halogens is 2. The van der Waals surface area contributed by atoms with Crippen molar-refractivity contribution in [3.63, 3.8) is 0 Å². The molecule has 1 atom stereocenters. The van der Waals surface area contributed by atoms with Crippen LogP contribution in [0, 0.1) is 18.8 Å². The summed E-state index contributed by atoms with van der Waals surface area (Å²) in [7, 11) is 0. The Kier molecular flexibility index (Phi) is 3.59. The molecule has 0 saturated carbocycles. The fraction of sp³-hybridized carbons (Fsp3) is 0.375. The maximum absolute atomic E-state index is 8.93. The van der Waals surface area contributed by atoms with Gasteiger partial charge in [0.15, 0.2) is 5.69 Å². The number of aliphatic hydroxyl groups is 1. The van der Waals surface area contributed by atoms with Crippen LogP contribution >= 0.6 is 34.5 Å². The van der Waals surface area contributed by atoms with Gasteiger partial charge in [-0.15, -0.1) is 0 Å². The van der Waals surface area contributed by atoms with Crippen molar-refractivity contribution in [3.05, 3.63) is 16.4 Å². The maximum Gasteiger partial charge on any atom is 0.155 e. The number of aromatic nitrogens is 2. The molecule has 0 bridgehead atoms. The third-order valence-corrected chi connectivity index (χ3v) is 2.78. The van der Waals surface area contributed by atoms with Gasteiger partial charge in [-0.1, -0.05) is 17.5 Å². The molecule has 1 heterocycles. The van der Waals surface area contributed by atoms with E-state index in [4.69, 9.17) is 16.7 Å². The first-order chi connectivity index (χ1) is 6.02. The van der Waals surface area contributed by atoms with E-state index < -0.39 is 6.10 Å². The number of aliphatic hydroxyl groups excluding tert-OH is 1. The Bertz CT molecular complexity index is 375. The second-order valence-corrected chi connectivity index (χ2v) is 3.85. The van der Waals surface area contributed by atoms with Gasteiger partial charge in [0.25, 0.3) is 0 Å². The Labute approximate surface area is 95.6 Å². The summed E-state index contributed by atoms with van der Waals surface area (Å²) >= 11 is 7.94. The minimum Gasteiger partial charge on any atom is -0.381 e. The second kappa shape index (κ2) is 4.31. The molecule has 70 valence electrons. The zero-order valence-corrected chi connectivity index (χ0v) is 10.1. The smallest absolute Gasteiger partial charge is 0.155 e. The summed E-state index contributed by atoms with van der Waals surface area (Å²) in [6.07, 6.45) is -0.657. The Morgan fingerprint density at radius 2 is 2.31 bits per heavy atom. The van der Waals surface area contributed by atoms with Crippen molar-refractivity contribution in [2.45, 2.75) is 20.0 Å². The van der Waals surface area contributed by atoms with Gasteiger partial charge in [-0.05, 0) is 19.8 Å². The Hall–Kier alpha value is -0.250. The lowest BCUT2D eigenvalue weighted by Gasteiger charge is -1.87. The van der Waals surface area contributed by atoms with Crippen molar-refractivity contribution in [2.75, 3.05) is 0 Å². The molecule has 13 heavy (non-hydrogen) atoms. The largest absolute Gasteiger partial charge is 0.381 e. The SMILES string of the molecule is Cc1c(Cl)c(C#CC(C)O)nn1I. The van der Waals surface area contributed by atoms with E-state index in [1.54, 1.807) is 9.82 Å². The van der Waals surface area contributed by atoms with Gasteiger partial charge in [0.05, 0.1) is 33.6 Å². The third-order valence-electron chi connectivity index (χ3n) is 1.39. The quantitative estimate of drug-likeness (QED) is 0.586. The molecule has 1 aromatic rings. The molecule has 0 amide bonds. The molecule has 0 aliphatic rings. The van der Waals surface area contributed by atoms with Crippen LogP contribution < -0.4 is 0 Å². The highest BCUT2D eigenvalue weighted by atomic mass is 127. The first-order valence-corrected chi connectivity index (χ1v) is 4.97. The molecule has 5 heteroatoms. The molecule has 0 radical (unpaired) electrons. The van der Waals surface area contributed by atoms with Crippen molar-refractivity contribution in [2.24, 2.45) is 0 Å². The number of nitrogens with zero attached hydrogens (tertiary/aromatic N) is 2. The third kappa shape index (κ3) is 2.59. The van der Waals surface area contributed by atoms with Gasteiger partial charge in [0, 0.05) is 0 Å². The molecule has 1 rings (SSSR count). The monoisotopic (exact) mass is 310 g/mol. The molecule has 1 aromatic heterocycles. The van der Waals surface area contributed by atoms with E-state index in [2.05, 4.69) is 16.9 Å². The second-order valence-electron chi connectivity index (χ2n) is 2.55. The molecule has 0 fully saturated rings. The fourth-order valence-electron chi connectivity index (χ4n) is 0.712. The molecule has 1 N–H and O–H groups in total. The maximum atomic E-state index is 8.93. The lowest BCUT2D eigenvalue weighted by atomic mass is 10.3. The Morgan fingerprint density at radius 3 is 2.69 bits per heavy atom. The van der Waals surface area contributed by atoms with Gasteiger partial charge in [-0.2, -0.15) is 5.10 Å². The van der Waals surface area contributed by atoms with Crippen molar-refractivity contribution in [3.8, 4) is 11.8 Å². The van der Waals surface area contributed by atoms with Gasteiger partial charge >= 0.3 is 0 Å². The highest BCUT2D eigenvalue weighted by Gasteiger charge is 2.08. The molecule has 0 aliphatic carbocycles. The van der Waals surface area contributed by atoms with Crippen molar-refractivity contribution in [1.82, 2.24) is 7.99 Å². The average Bonchev–Trinajstić information content (AvgIpc) is 2.29. The molecule has 0 aliphatic heterocycles. The first-order valence-electron chi connectivity index (χ1n) is 3.63. The van der Waals surface area contributed by atoms with Crippen LogP contribution in [0.3, 0.4) is 0 Å². The predicted molar refractivity (Wildman–Crippen MR) is 60.0 cm³/mol. The van der Waals surface area contributed by atoms with Gasteiger partial charge in [0.1, 0.15) is 6.10 Å². The van der Waals surface area contributed by atoms with E-state index in [0.717, 1.165) is 5.69 Å². The first kappa shape index (κ1) is 10.8. The summed E-state index contributed by atoms with van der Waals surface area (Å²) in [5.41, 5.74) is 1.37. The van der Waals surface area contributed by atoms with E-state index >= 15 is 0 Å². The molecule has 3 nitrogen and oxygen atoms in total. The highest BCUT2D eigenvalue weighted by molar-refractivity contribution is 14.1. The normalized spacial score (nSPS) is 12.1. The molecule has 0 aromatic carbocycles. The predicted octanol–water partition coefficient (Wildman–Crippen LogP) is 1.78. The molecular formula is C8H8ClIN2O. The van der Waals surface area contributed by atoms with E-state index in [1.165, 1.54) is 0 Å². The standard InChI is InChI=1S/C8H8ClIN2O/c1-5(13)3-4-7-8(9)6(2)12(10)11-7/h5,13H,1-2H3. The van der Waals surface area contributed by atoms with Crippen LogP contribution in [0.1, 0.15) is 18.3 Å². The minimum absolute atomic E-state index is 0.509. The average molecular weight is 311 g/mol. The summed E-state index contributed by atoms with van der Waals surface area (Å²) in [5, 5.41) is 13.5. The van der Waals surface area contributed by atoms with Crippen LogP contribution in [0.2, 0.25) is 5.02 Å². The lowest BCUT2D eigenvalue weighted by molar-refractivity contribution is 0.253. The molecular weight excluding hydrogens is 302 g/mol. The number of hydrogen-bond donors (Lipinski definition) is 1. The topological polar surface area (TPSA) is 38.1 Å². The van der Waals surface area contributed by atoms with Gasteiger partial charge in [-0.3, -0.25) is 0 Å². The van der Waals surface area contributed by atoms with Crippen LogP contribution in [0.15, 0.2) is 0 Å². The zero-order chi connectivity index (χ0) is 10.0. The van der Waals surface area contributed by atoms with E-state index in [0.29, 0.717) is 10.7 Å². The summed E-state index contributed by atoms with van der Waals surface area (Å²) in [6.45, 7) is 3.45. The van der Waals surface area contributed by atoms with E-state index in [-0.39, 0.29) is 0 Å². The van der Waals surface area contributed by atoms with Crippen LogP contribution in [0.4, 0.5) is 0 Å². The summed E-state index contributed by atoms with van der Waals surface area (Å²) < 4.78 is 1.63. The number of hydrogen-bond acceptors (Lipinski definition) is 2. The van der Waals surface area contributed by atoms with Crippen LogP contribution in [-0.4, -0.2) is 19.2 Å². The molecule has 1 unspecified atom stereocenters. The summed E-state index contributed by atoms with van der Waals surface area (Å²) in [5.74, 6) is 5.29. The van der Waals surface area contributed by atoms with E-state index in [9.17, 15) is 0 Å². The van der Waals surface area contributed by atoms with E-state index in [1.807, 2.05) is 29.8 Å². The lowest BCUT2D eigenvalue weighted by Crippen LogP contribution is -1.93. The Morgan fingerprint density at radius 1 is 1.69 bits per heavy atom. The van der Waals surface area contributed by atoms with Crippen LogP contribution in [0.25, 0.3) is 0 Å². The van der Waals surface area contributed by atoms with Crippen molar-refractivity contribution in [1.29, 1.82) is 0 Å². The van der Waals surface area contributed by atoms with Crippen LogP contribution in [-0.2, 0) is 0 Å². The Balaban J connectivity index is 3.05. The van der Waals surface area contributed by atoms with Crippen molar-refractivity contribution < 1.29 is 5.11 Å². The molecule has 0 spiro atoms. The molecule has 0 saturated heterocycles. The van der Waals surface area contributed by atoms with Crippen molar-refractivity contribution >= 4 is 34.5 Å². The fourth-order valence-corrected chi connectivity index (χ4v) is 1.48. The zero-order valence-electron chi connectivity index (χ0n) is 7.17. The van der Waals surface area contributed by atoms with Gasteiger partial charge in [-0.25, -0.2) is 2.90 Å².